The minimum Gasteiger partial charge on any atom is -0.383 e. The summed E-state index contributed by atoms with van der Waals surface area (Å²) < 4.78 is 16.1. The van der Waals surface area contributed by atoms with E-state index in [4.69, 9.17) is 10.8 Å². The van der Waals surface area contributed by atoms with E-state index in [9.17, 15) is 14.0 Å². The topological polar surface area (TPSA) is 119 Å². The van der Waals surface area contributed by atoms with E-state index in [1.165, 1.54) is 18.5 Å². The number of nitrogens with zero attached hydrogens (tertiary/aromatic N) is 5. The van der Waals surface area contributed by atoms with Crippen LogP contribution in [0.25, 0.3) is 22.3 Å². The number of hydrogen-bond donors (Lipinski definition) is 2. The average molecular weight is 514 g/mol. The number of amides is 2. The number of piperidine rings is 1. The van der Waals surface area contributed by atoms with E-state index in [2.05, 4.69) is 21.9 Å². The SMILES string of the molecule is C=CC(=O)N1CCC[C@@H](n2nc(-c3ccc(CNC(=O)c4cccc(C)c4F)cc3)c3c(N)ncnc32)C1. The first-order valence-electron chi connectivity index (χ1n) is 12.4. The van der Waals surface area contributed by atoms with E-state index in [0.29, 0.717) is 41.2 Å². The number of nitrogens with two attached hydrogens (primary N) is 1. The number of rotatable bonds is 6. The Labute approximate surface area is 219 Å². The normalized spacial score (nSPS) is 15.4. The molecule has 10 heteroatoms. The van der Waals surface area contributed by atoms with Gasteiger partial charge in [-0.2, -0.15) is 5.10 Å². The molecule has 2 aromatic heterocycles. The minimum atomic E-state index is -0.516. The lowest BCUT2D eigenvalue weighted by molar-refractivity contribution is -0.127. The van der Waals surface area contributed by atoms with Crippen molar-refractivity contribution in [3.8, 4) is 11.3 Å². The zero-order valence-electron chi connectivity index (χ0n) is 21.0. The minimum absolute atomic E-state index is 0.0187. The fraction of sp³-hybridized carbons (Fsp3) is 0.250. The number of aryl methyl sites for hydroxylation is 1. The van der Waals surface area contributed by atoms with Gasteiger partial charge in [0.1, 0.15) is 23.7 Å². The molecule has 38 heavy (non-hydrogen) atoms. The van der Waals surface area contributed by atoms with Crippen molar-refractivity contribution in [3.05, 3.63) is 84.0 Å². The number of hydrogen-bond acceptors (Lipinski definition) is 6. The third-order valence-electron chi connectivity index (χ3n) is 6.86. The van der Waals surface area contributed by atoms with Crippen LogP contribution in [0.4, 0.5) is 10.2 Å². The highest BCUT2D eigenvalue weighted by Crippen LogP contribution is 2.33. The van der Waals surface area contributed by atoms with Crippen LogP contribution in [0.5, 0.6) is 0 Å². The van der Waals surface area contributed by atoms with Gasteiger partial charge in [-0.25, -0.2) is 19.0 Å². The molecule has 1 fully saturated rings. The Morgan fingerprint density at radius 2 is 2.00 bits per heavy atom. The molecule has 9 nitrogen and oxygen atoms in total. The summed E-state index contributed by atoms with van der Waals surface area (Å²) in [5, 5.41) is 8.30. The molecule has 4 aromatic rings. The molecule has 5 rings (SSSR count). The number of likely N-dealkylation sites (tertiary alicyclic amines) is 1. The van der Waals surface area contributed by atoms with Gasteiger partial charge in [0.05, 0.1) is 17.0 Å². The average Bonchev–Trinajstić information content (AvgIpc) is 3.34. The number of carbonyl (C=O) groups is 2. The van der Waals surface area contributed by atoms with Crippen LogP contribution in [-0.2, 0) is 11.3 Å². The molecule has 0 saturated carbocycles. The van der Waals surface area contributed by atoms with Crippen molar-refractivity contribution in [3.63, 3.8) is 0 Å². The maximum Gasteiger partial charge on any atom is 0.254 e. The van der Waals surface area contributed by atoms with Crippen molar-refractivity contribution in [2.45, 2.75) is 32.4 Å². The number of halogens is 1. The molecule has 2 amide bonds. The standard InChI is InChI=1S/C28H28FN7O2/c1-3-22(37)35-13-5-7-20(15-35)36-27-23(26(30)32-16-33-27)25(34-36)19-11-9-18(10-12-19)14-31-28(38)21-8-4-6-17(2)24(21)29/h3-4,6,8-12,16,20H,1,5,7,13-15H2,2H3,(H,31,38)(H2,30,32,33)/t20-/m1/s1. The van der Waals surface area contributed by atoms with Crippen LogP contribution < -0.4 is 11.1 Å². The highest BCUT2D eigenvalue weighted by molar-refractivity contribution is 5.98. The summed E-state index contributed by atoms with van der Waals surface area (Å²) in [6.45, 7) is 6.65. The van der Waals surface area contributed by atoms with Crippen LogP contribution >= 0.6 is 0 Å². The monoisotopic (exact) mass is 513 g/mol. The van der Waals surface area contributed by atoms with Gasteiger partial charge in [-0.1, -0.05) is 43.0 Å². The van der Waals surface area contributed by atoms with Gasteiger partial charge in [0.25, 0.3) is 5.91 Å². The van der Waals surface area contributed by atoms with Crippen molar-refractivity contribution in [2.24, 2.45) is 0 Å². The van der Waals surface area contributed by atoms with Crippen LogP contribution in [0.1, 0.15) is 40.4 Å². The number of nitrogens with one attached hydrogen (secondary N) is 1. The van der Waals surface area contributed by atoms with E-state index in [0.717, 1.165) is 24.0 Å². The molecular weight excluding hydrogens is 485 g/mol. The van der Waals surface area contributed by atoms with Gasteiger partial charge in [-0.3, -0.25) is 9.59 Å². The molecule has 1 aliphatic heterocycles. The van der Waals surface area contributed by atoms with Gasteiger partial charge in [-0.15, -0.1) is 0 Å². The number of aromatic nitrogens is 4. The number of benzene rings is 2. The summed E-state index contributed by atoms with van der Waals surface area (Å²) in [7, 11) is 0. The fourth-order valence-corrected chi connectivity index (χ4v) is 4.82. The largest absolute Gasteiger partial charge is 0.383 e. The zero-order chi connectivity index (χ0) is 26.8. The van der Waals surface area contributed by atoms with Crippen molar-refractivity contribution < 1.29 is 14.0 Å². The molecule has 1 atom stereocenters. The molecular formula is C28H28FN7O2. The Morgan fingerprint density at radius 1 is 1.21 bits per heavy atom. The first-order chi connectivity index (χ1) is 18.4. The van der Waals surface area contributed by atoms with E-state index >= 15 is 0 Å². The second-order valence-electron chi connectivity index (χ2n) is 9.35. The molecule has 0 radical (unpaired) electrons. The van der Waals surface area contributed by atoms with Crippen molar-refractivity contribution >= 4 is 28.7 Å². The molecule has 1 saturated heterocycles. The molecule has 0 aliphatic carbocycles. The van der Waals surface area contributed by atoms with Crippen LogP contribution in [0.2, 0.25) is 0 Å². The third-order valence-corrected chi connectivity index (χ3v) is 6.86. The molecule has 1 aliphatic rings. The Hall–Kier alpha value is -4.60. The van der Waals surface area contributed by atoms with Gasteiger partial charge in [-0.05, 0) is 43.0 Å². The fourth-order valence-electron chi connectivity index (χ4n) is 4.82. The predicted octanol–water partition coefficient (Wildman–Crippen LogP) is 3.80. The summed E-state index contributed by atoms with van der Waals surface area (Å²) in [5.74, 6) is -0.769. The van der Waals surface area contributed by atoms with Gasteiger partial charge in [0.15, 0.2) is 5.65 Å². The third kappa shape index (κ3) is 4.72. The van der Waals surface area contributed by atoms with E-state index in [1.54, 1.807) is 24.0 Å². The first-order valence-corrected chi connectivity index (χ1v) is 12.4. The zero-order valence-corrected chi connectivity index (χ0v) is 21.0. The molecule has 0 spiro atoms. The van der Waals surface area contributed by atoms with Crippen molar-refractivity contribution in [2.75, 3.05) is 18.8 Å². The molecule has 2 aromatic carbocycles. The van der Waals surface area contributed by atoms with Crippen LogP contribution in [0.15, 0.2) is 61.4 Å². The summed E-state index contributed by atoms with van der Waals surface area (Å²) in [4.78, 5) is 35.1. The Bertz CT molecular complexity index is 1530. The maximum atomic E-state index is 14.3. The molecule has 3 heterocycles. The van der Waals surface area contributed by atoms with Gasteiger partial charge < -0.3 is 16.0 Å². The summed E-state index contributed by atoms with van der Waals surface area (Å²) in [6.07, 6.45) is 4.43. The van der Waals surface area contributed by atoms with Crippen LogP contribution in [0.3, 0.4) is 0 Å². The predicted molar refractivity (Wildman–Crippen MR) is 143 cm³/mol. The quantitative estimate of drug-likeness (QED) is 0.379. The smallest absolute Gasteiger partial charge is 0.254 e. The Balaban J connectivity index is 1.39. The highest BCUT2D eigenvalue weighted by atomic mass is 19.1. The van der Waals surface area contributed by atoms with E-state index in [1.807, 2.05) is 28.9 Å². The maximum absolute atomic E-state index is 14.3. The van der Waals surface area contributed by atoms with Gasteiger partial charge >= 0.3 is 0 Å². The number of nitrogen functional groups attached to an aromatic ring is 1. The van der Waals surface area contributed by atoms with Gasteiger partial charge in [0.2, 0.25) is 5.91 Å². The number of fused-ring (bicyclic) bond motifs is 1. The lowest BCUT2D eigenvalue weighted by Crippen LogP contribution is -2.40. The Morgan fingerprint density at radius 3 is 2.76 bits per heavy atom. The summed E-state index contributed by atoms with van der Waals surface area (Å²) in [6, 6.07) is 12.2. The number of carbonyl (C=O) groups excluding carboxylic acids is 2. The highest BCUT2D eigenvalue weighted by Gasteiger charge is 2.28. The molecule has 0 unspecified atom stereocenters. The van der Waals surface area contributed by atoms with Gasteiger partial charge in [0, 0.05) is 25.2 Å². The summed E-state index contributed by atoms with van der Waals surface area (Å²) in [5.41, 5.74) is 9.61. The summed E-state index contributed by atoms with van der Waals surface area (Å²) >= 11 is 0. The van der Waals surface area contributed by atoms with Crippen LogP contribution in [0, 0.1) is 12.7 Å². The Kier molecular flexibility index (Phi) is 6.87. The number of anilines is 1. The molecule has 194 valence electrons. The van der Waals surface area contributed by atoms with Crippen LogP contribution in [-0.4, -0.2) is 49.6 Å². The van der Waals surface area contributed by atoms with Crippen molar-refractivity contribution in [1.82, 2.24) is 30.0 Å². The van der Waals surface area contributed by atoms with Crippen molar-refractivity contribution in [1.29, 1.82) is 0 Å². The van der Waals surface area contributed by atoms with E-state index < -0.39 is 11.7 Å². The second-order valence-corrected chi connectivity index (χ2v) is 9.35. The molecule has 0 bridgehead atoms. The lowest BCUT2D eigenvalue weighted by Gasteiger charge is -2.32. The van der Waals surface area contributed by atoms with E-state index in [-0.39, 0.29) is 24.1 Å². The first kappa shape index (κ1) is 25.1. The molecule has 3 N–H and O–H groups in total. The second kappa shape index (κ2) is 10.4. The lowest BCUT2D eigenvalue weighted by atomic mass is 10.1.